The van der Waals surface area contributed by atoms with Crippen molar-refractivity contribution in [1.29, 1.82) is 0 Å². The van der Waals surface area contributed by atoms with Crippen LogP contribution in [0.2, 0.25) is 38.3 Å². The van der Waals surface area contributed by atoms with Crippen LogP contribution in [0.4, 0.5) is 0 Å². The van der Waals surface area contributed by atoms with E-state index in [2.05, 4.69) is 47.5 Å². The highest BCUT2D eigenvalue weighted by molar-refractivity contribution is 6.75. The Morgan fingerprint density at radius 2 is 1.22 bits per heavy atom. The summed E-state index contributed by atoms with van der Waals surface area (Å²) in [6, 6.07) is 3.06. The maximum Gasteiger partial charge on any atom is 0.122 e. The highest BCUT2D eigenvalue weighted by Gasteiger charge is 2.48. The van der Waals surface area contributed by atoms with Gasteiger partial charge in [0.15, 0.2) is 0 Å². The van der Waals surface area contributed by atoms with Crippen LogP contribution in [-0.2, 0) is 0 Å². The zero-order valence-electron chi connectivity index (χ0n) is 15.7. The van der Waals surface area contributed by atoms with Crippen molar-refractivity contribution < 1.29 is 0 Å². The van der Waals surface area contributed by atoms with Gasteiger partial charge in [-0.3, -0.25) is 0 Å². The van der Waals surface area contributed by atoms with Crippen LogP contribution in [0.25, 0.3) is 0 Å². The first-order chi connectivity index (χ1) is 10.9. The Labute approximate surface area is 145 Å². The molecule has 2 saturated heterocycles. The van der Waals surface area contributed by atoms with E-state index in [-0.39, 0.29) is 0 Å². The van der Waals surface area contributed by atoms with Crippen LogP contribution < -0.4 is 0 Å². The van der Waals surface area contributed by atoms with Gasteiger partial charge in [0.1, 0.15) is 16.5 Å². The zero-order valence-corrected chi connectivity index (χ0v) is 17.7. The van der Waals surface area contributed by atoms with E-state index >= 15 is 0 Å². The van der Waals surface area contributed by atoms with Crippen molar-refractivity contribution >= 4 is 16.5 Å². The molecule has 0 amide bonds. The minimum absolute atomic E-state index is 0.905. The lowest BCUT2D eigenvalue weighted by atomic mass is 9.83. The summed E-state index contributed by atoms with van der Waals surface area (Å²) in [5.74, 6) is 3.73. The molecule has 2 aliphatic heterocycles. The highest BCUT2D eigenvalue weighted by atomic mass is 28.3. The van der Waals surface area contributed by atoms with Crippen LogP contribution in [0, 0.1) is 23.7 Å². The second kappa shape index (κ2) is 5.82. The molecule has 4 rings (SSSR count). The van der Waals surface area contributed by atoms with E-state index in [0.29, 0.717) is 0 Å². The first-order valence-electron chi connectivity index (χ1n) is 10.1. The summed E-state index contributed by atoms with van der Waals surface area (Å²) < 4.78 is 5.93. The quantitative estimate of drug-likeness (QED) is 0.553. The number of allylic oxidation sites excluding steroid dienone is 2. The summed E-state index contributed by atoms with van der Waals surface area (Å²) in [5, 5.41) is 0. The fraction of sp³-hybridized carbons (Fsp3) is 0.895. The summed E-state index contributed by atoms with van der Waals surface area (Å²) in [7, 11) is -2.12. The van der Waals surface area contributed by atoms with Gasteiger partial charge in [-0.1, -0.05) is 38.3 Å². The number of nitrogens with zero attached hydrogens (tertiary/aromatic N) is 2. The van der Waals surface area contributed by atoms with Crippen LogP contribution in [0.15, 0.2) is 12.2 Å². The number of hydrogen-bond acceptors (Lipinski definition) is 2. The van der Waals surface area contributed by atoms with E-state index in [9.17, 15) is 0 Å². The Hall–Kier alpha value is 0.0938. The SMILES string of the molecule is C[Si]1(C)CCCN1CC1C2C=CC(C2)C1CN1CCC[Si]1(C)C. The van der Waals surface area contributed by atoms with Gasteiger partial charge in [-0.25, -0.2) is 0 Å². The molecule has 3 fully saturated rings. The molecule has 2 heterocycles. The van der Waals surface area contributed by atoms with Crippen molar-refractivity contribution in [3.05, 3.63) is 12.2 Å². The predicted molar refractivity (Wildman–Crippen MR) is 105 cm³/mol. The van der Waals surface area contributed by atoms with Crippen LogP contribution in [0.5, 0.6) is 0 Å². The standard InChI is InChI=1S/C19H36N2Si2/c1-22(2)11-5-9-20(22)14-18-16-7-8-17(13-16)19(18)15-21-10-6-12-23(21,3)4/h7-8,16-19H,5-6,9-15H2,1-4H3. The summed E-state index contributed by atoms with van der Waals surface area (Å²) in [6.45, 7) is 16.1. The highest BCUT2D eigenvalue weighted by Crippen LogP contribution is 2.50. The van der Waals surface area contributed by atoms with Gasteiger partial charge < -0.3 is 9.13 Å². The fourth-order valence-corrected chi connectivity index (χ4v) is 11.7. The monoisotopic (exact) mass is 348 g/mol. The molecule has 0 aromatic carbocycles. The lowest BCUT2D eigenvalue weighted by Gasteiger charge is -2.40. The minimum Gasteiger partial charge on any atom is -0.323 e. The van der Waals surface area contributed by atoms with E-state index in [0.717, 1.165) is 23.7 Å². The maximum absolute atomic E-state index is 2.96. The molecule has 0 spiro atoms. The molecule has 4 atom stereocenters. The van der Waals surface area contributed by atoms with E-state index in [1.54, 1.807) is 0 Å². The molecule has 0 aromatic rings. The first-order valence-corrected chi connectivity index (χ1v) is 16.4. The predicted octanol–water partition coefficient (Wildman–Crippen LogP) is 4.25. The summed E-state index contributed by atoms with van der Waals surface area (Å²) in [5.41, 5.74) is 0. The molecule has 130 valence electrons. The molecule has 0 aromatic heterocycles. The first kappa shape index (κ1) is 16.6. The van der Waals surface area contributed by atoms with Gasteiger partial charge in [-0.05, 0) is 81.2 Å². The topological polar surface area (TPSA) is 6.48 Å². The van der Waals surface area contributed by atoms with Gasteiger partial charge >= 0.3 is 0 Å². The second-order valence-electron chi connectivity index (χ2n) is 10.0. The Morgan fingerprint density at radius 1 is 0.783 bits per heavy atom. The van der Waals surface area contributed by atoms with Gasteiger partial charge in [-0.2, -0.15) is 0 Å². The van der Waals surface area contributed by atoms with Crippen LogP contribution in [-0.4, -0.2) is 51.8 Å². The van der Waals surface area contributed by atoms with Crippen LogP contribution in [0.3, 0.4) is 0 Å². The normalized spacial score (nSPS) is 42.1. The molecular formula is C19H36N2Si2. The van der Waals surface area contributed by atoms with Crippen LogP contribution >= 0.6 is 0 Å². The molecule has 2 bridgehead atoms. The summed E-state index contributed by atoms with van der Waals surface area (Å²) >= 11 is 0. The van der Waals surface area contributed by atoms with Gasteiger partial charge in [0.2, 0.25) is 0 Å². The van der Waals surface area contributed by atoms with Gasteiger partial charge in [0, 0.05) is 0 Å². The van der Waals surface area contributed by atoms with E-state index in [4.69, 9.17) is 0 Å². The van der Waals surface area contributed by atoms with Gasteiger partial charge in [0.25, 0.3) is 0 Å². The molecule has 23 heavy (non-hydrogen) atoms. The molecule has 4 heteroatoms. The Morgan fingerprint density at radius 3 is 1.57 bits per heavy atom. The average Bonchev–Trinajstić information content (AvgIpc) is 3.19. The third-order valence-corrected chi connectivity index (χ3v) is 15.2. The smallest absolute Gasteiger partial charge is 0.122 e. The molecule has 4 unspecified atom stereocenters. The number of rotatable bonds is 4. The molecule has 2 aliphatic carbocycles. The van der Waals surface area contributed by atoms with Crippen LogP contribution in [0.1, 0.15) is 19.3 Å². The maximum atomic E-state index is 2.96. The van der Waals surface area contributed by atoms with Crippen molar-refractivity contribution in [2.75, 3.05) is 26.2 Å². The molecule has 1 saturated carbocycles. The minimum atomic E-state index is -1.06. The van der Waals surface area contributed by atoms with Crippen molar-refractivity contribution in [3.8, 4) is 0 Å². The van der Waals surface area contributed by atoms with Crippen molar-refractivity contribution in [2.24, 2.45) is 23.7 Å². The molecule has 4 aliphatic rings. The number of fused-ring (bicyclic) bond motifs is 2. The van der Waals surface area contributed by atoms with E-state index < -0.39 is 16.5 Å². The molecule has 2 nitrogen and oxygen atoms in total. The largest absolute Gasteiger partial charge is 0.323 e. The second-order valence-corrected chi connectivity index (χ2v) is 19.5. The van der Waals surface area contributed by atoms with Crippen molar-refractivity contribution in [2.45, 2.75) is 57.5 Å². The number of hydrogen-bond donors (Lipinski definition) is 0. The van der Waals surface area contributed by atoms with E-state index in [1.807, 2.05) is 0 Å². The summed E-state index contributed by atoms with van der Waals surface area (Å²) in [4.78, 5) is 0. The Kier molecular flexibility index (Phi) is 4.19. The fourth-order valence-electron chi connectivity index (χ4n) is 6.08. The average molecular weight is 349 g/mol. The van der Waals surface area contributed by atoms with Crippen molar-refractivity contribution in [1.82, 2.24) is 9.13 Å². The Balaban J connectivity index is 1.48. The molecule has 0 radical (unpaired) electrons. The third-order valence-electron chi connectivity index (χ3n) is 7.81. The van der Waals surface area contributed by atoms with E-state index in [1.165, 1.54) is 57.5 Å². The molecule has 0 N–H and O–H groups in total. The Bertz CT molecular complexity index is 446. The lowest BCUT2D eigenvalue weighted by Crippen LogP contribution is -2.50. The van der Waals surface area contributed by atoms with Crippen molar-refractivity contribution in [3.63, 3.8) is 0 Å². The third kappa shape index (κ3) is 2.94. The lowest BCUT2D eigenvalue weighted by molar-refractivity contribution is 0.213. The van der Waals surface area contributed by atoms with Gasteiger partial charge in [-0.15, -0.1) is 0 Å². The summed E-state index contributed by atoms with van der Waals surface area (Å²) in [6.07, 6.45) is 9.58. The van der Waals surface area contributed by atoms with Gasteiger partial charge in [0.05, 0.1) is 0 Å². The molecular weight excluding hydrogens is 312 g/mol. The zero-order chi connectivity index (χ0) is 16.2.